The van der Waals surface area contributed by atoms with Gasteiger partial charge in [-0.15, -0.1) is 0 Å². The number of ether oxygens (including phenoxy) is 4. The van der Waals surface area contributed by atoms with Gasteiger partial charge >= 0.3 is 11.9 Å². The summed E-state index contributed by atoms with van der Waals surface area (Å²) in [5.41, 5.74) is 4.34. The zero-order valence-electron chi connectivity index (χ0n) is 21.4. The standard InChI is InChI=1S/C30H34O6/c1-5-33-29(31)19-21(3)35-27-15-11-25(12-16-27)23-7-9-24(10-8-23)26-13-17-28(18-14-26)36-22(4)20-30(32)34-6-2/h7-18,21-22H,5-6,19-20H2,1-4H3/t21-,22-/m0/s1. The molecule has 0 saturated heterocycles. The third-order valence-electron chi connectivity index (χ3n) is 5.45. The van der Waals surface area contributed by atoms with Crippen LogP contribution >= 0.6 is 0 Å². The number of esters is 2. The molecule has 3 aromatic carbocycles. The van der Waals surface area contributed by atoms with Gasteiger partial charge in [0.1, 0.15) is 23.7 Å². The number of hydrogen-bond donors (Lipinski definition) is 0. The zero-order chi connectivity index (χ0) is 25.9. The van der Waals surface area contributed by atoms with Crippen molar-refractivity contribution in [3.05, 3.63) is 72.8 Å². The molecule has 3 rings (SSSR count). The van der Waals surface area contributed by atoms with E-state index >= 15 is 0 Å². The Labute approximate surface area is 213 Å². The fraction of sp³-hybridized carbons (Fsp3) is 0.333. The van der Waals surface area contributed by atoms with Crippen LogP contribution in [0.4, 0.5) is 0 Å². The van der Waals surface area contributed by atoms with Crippen LogP contribution in [0.15, 0.2) is 72.8 Å². The maximum absolute atomic E-state index is 11.6. The Bertz CT molecular complexity index is 1010. The predicted octanol–water partition coefficient (Wildman–Crippen LogP) is 6.46. The molecule has 3 aromatic rings. The number of carbonyl (C=O) groups is 2. The predicted molar refractivity (Wildman–Crippen MR) is 140 cm³/mol. The molecule has 0 heterocycles. The van der Waals surface area contributed by atoms with E-state index in [0.717, 1.165) is 22.3 Å². The smallest absolute Gasteiger partial charge is 0.309 e. The van der Waals surface area contributed by atoms with Gasteiger partial charge in [-0.3, -0.25) is 9.59 Å². The Balaban J connectivity index is 1.57. The van der Waals surface area contributed by atoms with Gasteiger partial charge < -0.3 is 18.9 Å². The van der Waals surface area contributed by atoms with Crippen LogP contribution in [0.25, 0.3) is 22.3 Å². The molecule has 0 aromatic heterocycles. The Kier molecular flexibility index (Phi) is 9.92. The van der Waals surface area contributed by atoms with E-state index in [1.54, 1.807) is 13.8 Å². The van der Waals surface area contributed by atoms with Crippen molar-refractivity contribution in [1.82, 2.24) is 0 Å². The summed E-state index contributed by atoms with van der Waals surface area (Å²) in [5.74, 6) is 0.914. The summed E-state index contributed by atoms with van der Waals surface area (Å²) in [6, 6.07) is 24.0. The van der Waals surface area contributed by atoms with Gasteiger partial charge in [-0.25, -0.2) is 0 Å². The number of benzene rings is 3. The lowest BCUT2D eigenvalue weighted by molar-refractivity contribution is -0.145. The lowest BCUT2D eigenvalue weighted by Gasteiger charge is -2.15. The number of rotatable bonds is 12. The molecule has 0 fully saturated rings. The highest BCUT2D eigenvalue weighted by molar-refractivity contribution is 5.72. The molecule has 190 valence electrons. The van der Waals surface area contributed by atoms with Crippen molar-refractivity contribution in [2.45, 2.75) is 52.7 Å². The molecule has 0 bridgehead atoms. The highest BCUT2D eigenvalue weighted by Crippen LogP contribution is 2.28. The minimum atomic E-state index is -0.258. The first-order chi connectivity index (χ1) is 17.4. The monoisotopic (exact) mass is 490 g/mol. The van der Waals surface area contributed by atoms with Gasteiger partial charge in [0.05, 0.1) is 26.1 Å². The minimum Gasteiger partial charge on any atom is -0.490 e. The first kappa shape index (κ1) is 26.8. The topological polar surface area (TPSA) is 71.1 Å². The quantitative estimate of drug-likeness (QED) is 0.271. The summed E-state index contributed by atoms with van der Waals surface area (Å²) < 4.78 is 21.6. The van der Waals surface area contributed by atoms with Crippen LogP contribution < -0.4 is 9.47 Å². The maximum atomic E-state index is 11.6. The second kappa shape index (κ2) is 13.3. The van der Waals surface area contributed by atoms with E-state index in [0.29, 0.717) is 24.7 Å². The molecule has 6 heteroatoms. The van der Waals surface area contributed by atoms with Gasteiger partial charge in [0.15, 0.2) is 0 Å². The molecule has 0 unspecified atom stereocenters. The second-order valence-corrected chi connectivity index (χ2v) is 8.50. The van der Waals surface area contributed by atoms with Crippen molar-refractivity contribution in [2.75, 3.05) is 13.2 Å². The largest absolute Gasteiger partial charge is 0.490 e. The van der Waals surface area contributed by atoms with Crippen LogP contribution in [0.3, 0.4) is 0 Å². The highest BCUT2D eigenvalue weighted by atomic mass is 16.5. The van der Waals surface area contributed by atoms with Crippen LogP contribution in [-0.2, 0) is 19.1 Å². The zero-order valence-corrected chi connectivity index (χ0v) is 21.4. The van der Waals surface area contributed by atoms with Crippen LogP contribution in [0.5, 0.6) is 11.5 Å². The summed E-state index contributed by atoms with van der Waals surface area (Å²) >= 11 is 0. The summed E-state index contributed by atoms with van der Waals surface area (Å²) in [7, 11) is 0. The SMILES string of the molecule is CCOC(=O)C[C@H](C)Oc1ccc(-c2ccc(-c3ccc(O[C@@H](C)CC(=O)OCC)cc3)cc2)cc1. The van der Waals surface area contributed by atoms with Crippen LogP contribution in [-0.4, -0.2) is 37.4 Å². The molecule has 0 aliphatic rings. The van der Waals surface area contributed by atoms with Crippen molar-refractivity contribution in [3.63, 3.8) is 0 Å². The third kappa shape index (κ3) is 8.15. The maximum Gasteiger partial charge on any atom is 0.309 e. The molecule has 0 radical (unpaired) electrons. The molecule has 0 saturated carbocycles. The fourth-order valence-corrected chi connectivity index (χ4v) is 3.76. The van der Waals surface area contributed by atoms with E-state index in [2.05, 4.69) is 24.3 Å². The Morgan fingerprint density at radius 3 is 1.11 bits per heavy atom. The van der Waals surface area contributed by atoms with E-state index in [1.165, 1.54) is 0 Å². The Hall–Kier alpha value is -3.80. The average Bonchev–Trinajstić information content (AvgIpc) is 2.85. The first-order valence-electron chi connectivity index (χ1n) is 12.3. The third-order valence-corrected chi connectivity index (χ3v) is 5.45. The van der Waals surface area contributed by atoms with Crippen molar-refractivity contribution in [2.24, 2.45) is 0 Å². The van der Waals surface area contributed by atoms with E-state index in [1.807, 2.05) is 62.4 Å². The lowest BCUT2D eigenvalue weighted by atomic mass is 10.0. The van der Waals surface area contributed by atoms with Crippen molar-refractivity contribution < 1.29 is 28.5 Å². The summed E-state index contributed by atoms with van der Waals surface area (Å²) in [6.07, 6.45) is -0.0772. The molecular weight excluding hydrogens is 456 g/mol. The van der Waals surface area contributed by atoms with E-state index in [9.17, 15) is 9.59 Å². The second-order valence-electron chi connectivity index (χ2n) is 8.50. The molecule has 0 spiro atoms. The van der Waals surface area contributed by atoms with Gasteiger partial charge in [-0.1, -0.05) is 48.5 Å². The van der Waals surface area contributed by atoms with Gasteiger partial charge in [0.2, 0.25) is 0 Å². The van der Waals surface area contributed by atoms with Gasteiger partial charge in [0, 0.05) is 0 Å². The van der Waals surface area contributed by atoms with Gasteiger partial charge in [-0.2, -0.15) is 0 Å². The molecular formula is C30H34O6. The fourth-order valence-electron chi connectivity index (χ4n) is 3.76. The Morgan fingerprint density at radius 2 is 0.833 bits per heavy atom. The summed E-state index contributed by atoms with van der Waals surface area (Å²) in [5, 5.41) is 0. The molecule has 6 nitrogen and oxygen atoms in total. The Morgan fingerprint density at radius 1 is 0.556 bits per heavy atom. The molecule has 36 heavy (non-hydrogen) atoms. The van der Waals surface area contributed by atoms with Gasteiger partial charge in [-0.05, 0) is 74.2 Å². The lowest BCUT2D eigenvalue weighted by Crippen LogP contribution is -2.18. The average molecular weight is 491 g/mol. The summed E-state index contributed by atoms with van der Waals surface area (Å²) in [4.78, 5) is 23.2. The number of hydrogen-bond acceptors (Lipinski definition) is 6. The van der Waals surface area contributed by atoms with Gasteiger partial charge in [0.25, 0.3) is 0 Å². The normalized spacial score (nSPS) is 12.3. The molecule has 2 atom stereocenters. The van der Waals surface area contributed by atoms with E-state index < -0.39 is 0 Å². The molecule has 0 aliphatic carbocycles. The van der Waals surface area contributed by atoms with E-state index in [-0.39, 0.29) is 37.0 Å². The number of carbonyl (C=O) groups excluding carboxylic acids is 2. The molecule has 0 amide bonds. The first-order valence-corrected chi connectivity index (χ1v) is 12.3. The minimum absolute atomic E-state index is 0.219. The highest BCUT2D eigenvalue weighted by Gasteiger charge is 2.13. The van der Waals surface area contributed by atoms with Crippen molar-refractivity contribution in [3.8, 4) is 33.8 Å². The van der Waals surface area contributed by atoms with Crippen LogP contribution in [0.1, 0.15) is 40.5 Å². The van der Waals surface area contributed by atoms with Crippen LogP contribution in [0, 0.1) is 0 Å². The summed E-state index contributed by atoms with van der Waals surface area (Å²) in [6.45, 7) is 8.03. The molecule has 0 aliphatic heterocycles. The van der Waals surface area contributed by atoms with Crippen molar-refractivity contribution in [1.29, 1.82) is 0 Å². The van der Waals surface area contributed by atoms with Crippen LogP contribution in [0.2, 0.25) is 0 Å². The molecule has 0 N–H and O–H groups in total. The van der Waals surface area contributed by atoms with E-state index in [4.69, 9.17) is 18.9 Å². The van der Waals surface area contributed by atoms with Crippen molar-refractivity contribution >= 4 is 11.9 Å².